The molecule has 1 rings (SSSR count). The molecule has 2 unspecified atom stereocenters. The Bertz CT molecular complexity index is 349. The van der Waals surface area contributed by atoms with Crippen molar-refractivity contribution in [1.29, 1.82) is 0 Å². The SMILES string of the molecule is CC(C)(C)CC(O)CNCC(O)COCc1cccs1. The third kappa shape index (κ3) is 8.66. The topological polar surface area (TPSA) is 61.7 Å². The molecule has 4 nitrogen and oxygen atoms in total. The van der Waals surface area contributed by atoms with Crippen LogP contribution in [-0.4, -0.2) is 42.1 Å². The Morgan fingerprint density at radius 1 is 1.25 bits per heavy atom. The Labute approximate surface area is 125 Å². The smallest absolute Gasteiger partial charge is 0.0897 e. The molecule has 0 fully saturated rings. The molecule has 0 aliphatic heterocycles. The second kappa shape index (κ2) is 8.74. The molecule has 0 amide bonds. The van der Waals surface area contributed by atoms with Gasteiger partial charge >= 0.3 is 0 Å². The number of hydrogen-bond acceptors (Lipinski definition) is 5. The van der Waals surface area contributed by atoms with Crippen LogP contribution >= 0.6 is 11.3 Å². The van der Waals surface area contributed by atoms with E-state index in [9.17, 15) is 10.2 Å². The summed E-state index contributed by atoms with van der Waals surface area (Å²) < 4.78 is 5.44. The molecule has 3 N–H and O–H groups in total. The van der Waals surface area contributed by atoms with E-state index in [0.29, 0.717) is 26.3 Å². The number of aliphatic hydroxyl groups is 2. The minimum absolute atomic E-state index is 0.115. The van der Waals surface area contributed by atoms with Crippen molar-refractivity contribution < 1.29 is 14.9 Å². The van der Waals surface area contributed by atoms with Crippen molar-refractivity contribution in [2.45, 2.75) is 46.0 Å². The van der Waals surface area contributed by atoms with Crippen LogP contribution < -0.4 is 5.32 Å². The second-order valence-electron chi connectivity index (χ2n) is 6.33. The molecule has 0 bridgehead atoms. The van der Waals surface area contributed by atoms with Crippen LogP contribution in [0.15, 0.2) is 17.5 Å². The first-order chi connectivity index (χ1) is 9.37. The molecule has 0 radical (unpaired) electrons. The quantitative estimate of drug-likeness (QED) is 0.653. The molecule has 0 saturated carbocycles. The highest BCUT2D eigenvalue weighted by Crippen LogP contribution is 2.20. The Balaban J connectivity index is 2.03. The van der Waals surface area contributed by atoms with Crippen molar-refractivity contribution in [3.05, 3.63) is 22.4 Å². The first-order valence-corrected chi connectivity index (χ1v) is 7.92. The fraction of sp³-hybridized carbons (Fsp3) is 0.733. The standard InChI is InChI=1S/C15H27NO3S/c1-15(2,3)7-12(17)8-16-9-13(18)10-19-11-14-5-4-6-20-14/h4-6,12-13,16-18H,7-11H2,1-3H3. The zero-order valence-electron chi connectivity index (χ0n) is 12.6. The molecule has 0 saturated heterocycles. The highest BCUT2D eigenvalue weighted by atomic mass is 32.1. The average molecular weight is 301 g/mol. The zero-order valence-corrected chi connectivity index (χ0v) is 13.4. The third-order valence-corrected chi connectivity index (χ3v) is 3.59. The maximum absolute atomic E-state index is 9.82. The summed E-state index contributed by atoms with van der Waals surface area (Å²) in [5, 5.41) is 24.7. The van der Waals surface area contributed by atoms with Gasteiger partial charge in [0.15, 0.2) is 0 Å². The van der Waals surface area contributed by atoms with E-state index in [1.165, 1.54) is 0 Å². The van der Waals surface area contributed by atoms with Crippen LogP contribution in [0.5, 0.6) is 0 Å². The van der Waals surface area contributed by atoms with Crippen molar-refractivity contribution in [3.8, 4) is 0 Å². The van der Waals surface area contributed by atoms with E-state index >= 15 is 0 Å². The monoisotopic (exact) mass is 301 g/mol. The molecule has 2 atom stereocenters. The summed E-state index contributed by atoms with van der Waals surface area (Å²) in [6.07, 6.45) is -0.184. The van der Waals surface area contributed by atoms with Gasteiger partial charge in [-0.2, -0.15) is 0 Å². The van der Waals surface area contributed by atoms with Crippen LogP contribution in [0.1, 0.15) is 32.1 Å². The third-order valence-electron chi connectivity index (χ3n) is 2.74. The molecular weight excluding hydrogens is 274 g/mol. The summed E-state index contributed by atoms with van der Waals surface area (Å²) in [7, 11) is 0. The fourth-order valence-corrected chi connectivity index (χ4v) is 2.59. The first-order valence-electron chi connectivity index (χ1n) is 7.04. The molecule has 0 aliphatic carbocycles. The van der Waals surface area contributed by atoms with Crippen molar-refractivity contribution in [2.75, 3.05) is 19.7 Å². The fourth-order valence-electron chi connectivity index (χ4n) is 1.94. The molecule has 0 aliphatic rings. The maximum Gasteiger partial charge on any atom is 0.0897 e. The number of thiophene rings is 1. The minimum Gasteiger partial charge on any atom is -0.392 e. The van der Waals surface area contributed by atoms with E-state index in [1.807, 2.05) is 17.5 Å². The Kier molecular flexibility index (Phi) is 7.69. The minimum atomic E-state index is -0.545. The van der Waals surface area contributed by atoms with Gasteiger partial charge in [-0.15, -0.1) is 11.3 Å². The largest absolute Gasteiger partial charge is 0.392 e. The van der Waals surface area contributed by atoms with Crippen molar-refractivity contribution in [1.82, 2.24) is 5.32 Å². The van der Waals surface area contributed by atoms with Crippen LogP contribution in [0.2, 0.25) is 0 Å². The average Bonchev–Trinajstić information content (AvgIpc) is 2.79. The Morgan fingerprint density at radius 2 is 1.95 bits per heavy atom. The van der Waals surface area contributed by atoms with E-state index in [2.05, 4.69) is 26.1 Å². The normalized spacial score (nSPS) is 15.2. The molecule has 1 heterocycles. The van der Waals surface area contributed by atoms with E-state index in [1.54, 1.807) is 11.3 Å². The van der Waals surface area contributed by atoms with Crippen LogP contribution in [0.25, 0.3) is 0 Å². The van der Waals surface area contributed by atoms with Gasteiger partial charge in [-0.1, -0.05) is 26.8 Å². The van der Waals surface area contributed by atoms with Gasteiger partial charge in [0.2, 0.25) is 0 Å². The van der Waals surface area contributed by atoms with Crippen molar-refractivity contribution >= 4 is 11.3 Å². The molecular formula is C15H27NO3S. The second-order valence-corrected chi connectivity index (χ2v) is 7.36. The van der Waals surface area contributed by atoms with Gasteiger partial charge in [0.05, 0.1) is 25.4 Å². The number of nitrogens with one attached hydrogen (secondary N) is 1. The summed E-state index contributed by atoms with van der Waals surface area (Å²) in [6, 6.07) is 4.00. The van der Waals surface area contributed by atoms with Crippen molar-refractivity contribution in [2.24, 2.45) is 5.41 Å². The number of ether oxygens (including phenoxy) is 1. The van der Waals surface area contributed by atoms with Crippen LogP contribution in [0, 0.1) is 5.41 Å². The molecule has 0 spiro atoms. The van der Waals surface area contributed by atoms with Gasteiger partial charge in [0.1, 0.15) is 0 Å². The lowest BCUT2D eigenvalue weighted by atomic mass is 9.89. The summed E-state index contributed by atoms with van der Waals surface area (Å²) >= 11 is 1.65. The number of rotatable bonds is 9. The zero-order chi connectivity index (χ0) is 15.0. The van der Waals surface area contributed by atoms with E-state index in [0.717, 1.165) is 11.3 Å². The predicted octanol–water partition coefficient (Wildman–Crippen LogP) is 2.01. The highest BCUT2D eigenvalue weighted by Gasteiger charge is 2.16. The lowest BCUT2D eigenvalue weighted by molar-refractivity contribution is 0.0275. The summed E-state index contributed by atoms with van der Waals surface area (Å²) in [4.78, 5) is 1.16. The Morgan fingerprint density at radius 3 is 2.55 bits per heavy atom. The van der Waals surface area contributed by atoms with Crippen LogP contribution in [0.3, 0.4) is 0 Å². The van der Waals surface area contributed by atoms with Gasteiger partial charge < -0.3 is 20.3 Å². The maximum atomic E-state index is 9.82. The number of aliphatic hydroxyl groups excluding tert-OH is 2. The van der Waals surface area contributed by atoms with Gasteiger partial charge in [0, 0.05) is 18.0 Å². The van der Waals surface area contributed by atoms with E-state index in [-0.39, 0.29) is 11.5 Å². The van der Waals surface area contributed by atoms with E-state index in [4.69, 9.17) is 4.74 Å². The molecule has 0 aromatic carbocycles. The molecule has 116 valence electrons. The van der Waals surface area contributed by atoms with Crippen LogP contribution in [-0.2, 0) is 11.3 Å². The van der Waals surface area contributed by atoms with Gasteiger partial charge in [0.25, 0.3) is 0 Å². The summed E-state index contributed by atoms with van der Waals surface area (Å²) in [5.74, 6) is 0. The first kappa shape index (κ1) is 17.6. The molecule has 20 heavy (non-hydrogen) atoms. The molecule has 5 heteroatoms. The van der Waals surface area contributed by atoms with Gasteiger partial charge in [-0.05, 0) is 23.3 Å². The Hall–Kier alpha value is -0.460. The van der Waals surface area contributed by atoms with Gasteiger partial charge in [-0.25, -0.2) is 0 Å². The highest BCUT2D eigenvalue weighted by molar-refractivity contribution is 7.09. The van der Waals surface area contributed by atoms with E-state index < -0.39 is 6.10 Å². The predicted molar refractivity (Wildman–Crippen MR) is 82.9 cm³/mol. The van der Waals surface area contributed by atoms with Gasteiger partial charge in [-0.3, -0.25) is 0 Å². The molecule has 1 aromatic heterocycles. The number of hydrogen-bond donors (Lipinski definition) is 3. The summed E-state index contributed by atoms with van der Waals surface area (Å²) in [6.45, 7) is 8.09. The summed E-state index contributed by atoms with van der Waals surface area (Å²) in [5.41, 5.74) is 0.115. The van der Waals surface area contributed by atoms with Crippen LogP contribution in [0.4, 0.5) is 0 Å². The lowest BCUT2D eigenvalue weighted by Crippen LogP contribution is -2.36. The molecule has 1 aromatic rings. The van der Waals surface area contributed by atoms with Crippen molar-refractivity contribution in [3.63, 3.8) is 0 Å². The lowest BCUT2D eigenvalue weighted by Gasteiger charge is -2.23.